The number of benzene rings is 1. The molecule has 1 aliphatic heterocycles. The van der Waals surface area contributed by atoms with E-state index < -0.39 is 5.97 Å². The van der Waals surface area contributed by atoms with Crippen LogP contribution >= 0.6 is 23.2 Å². The molecular formula is C20H27BCl2N3O2. The van der Waals surface area contributed by atoms with Gasteiger partial charge in [-0.1, -0.05) is 48.6 Å². The van der Waals surface area contributed by atoms with Crippen LogP contribution in [0.5, 0.6) is 0 Å². The van der Waals surface area contributed by atoms with Crippen LogP contribution < -0.4 is 5.73 Å². The maximum atomic E-state index is 11.1. The molecular weight excluding hydrogens is 396 g/mol. The van der Waals surface area contributed by atoms with E-state index in [1.54, 1.807) is 6.07 Å². The molecule has 1 heterocycles. The molecule has 0 fully saturated rings. The largest absolute Gasteiger partial charge is 0.481 e. The summed E-state index contributed by atoms with van der Waals surface area (Å²) in [5, 5.41) is 10.1. The summed E-state index contributed by atoms with van der Waals surface area (Å²) in [6.45, 7) is 6.08. The molecule has 1 aromatic rings. The van der Waals surface area contributed by atoms with Crippen LogP contribution in [0.3, 0.4) is 0 Å². The summed E-state index contributed by atoms with van der Waals surface area (Å²) in [5.74, 6) is -0.356. The monoisotopic (exact) mass is 422 g/mol. The molecule has 0 saturated heterocycles. The Morgan fingerprint density at radius 1 is 1.25 bits per heavy atom. The van der Waals surface area contributed by atoms with Crippen molar-refractivity contribution in [2.45, 2.75) is 39.5 Å². The van der Waals surface area contributed by atoms with E-state index in [-0.39, 0.29) is 6.42 Å². The van der Waals surface area contributed by atoms with E-state index in [1.807, 2.05) is 17.0 Å². The summed E-state index contributed by atoms with van der Waals surface area (Å²) in [7, 11) is 2.07. The van der Waals surface area contributed by atoms with Crippen LogP contribution in [0.15, 0.2) is 28.7 Å². The quantitative estimate of drug-likeness (QED) is 0.435. The molecule has 0 unspecified atom stereocenters. The number of halogens is 2. The number of hydrogen-bond acceptors (Lipinski definition) is 4. The van der Waals surface area contributed by atoms with E-state index in [4.69, 9.17) is 39.0 Å². The second-order valence-corrected chi connectivity index (χ2v) is 8.16. The number of carboxylic acid groups (broad SMARTS) is 1. The first-order valence-corrected chi connectivity index (χ1v) is 10.4. The van der Waals surface area contributed by atoms with Gasteiger partial charge < -0.3 is 15.7 Å². The van der Waals surface area contributed by atoms with Crippen molar-refractivity contribution in [3.8, 4) is 0 Å². The van der Waals surface area contributed by atoms with Gasteiger partial charge in [-0.15, -0.1) is 0 Å². The highest BCUT2D eigenvalue weighted by molar-refractivity contribution is 6.83. The number of aliphatic imine (C=N–C) groups is 1. The molecule has 1 aliphatic rings. The van der Waals surface area contributed by atoms with Crippen molar-refractivity contribution in [3.05, 3.63) is 39.3 Å². The number of hydrogen-bond donors (Lipinski definition) is 2. The molecule has 1 aromatic carbocycles. The van der Waals surface area contributed by atoms with Gasteiger partial charge in [0.2, 0.25) is 7.28 Å². The number of rotatable bonds is 10. The van der Waals surface area contributed by atoms with E-state index >= 15 is 0 Å². The van der Waals surface area contributed by atoms with Crippen molar-refractivity contribution in [1.82, 2.24) is 4.90 Å². The Hall–Kier alpha value is -1.50. The van der Waals surface area contributed by atoms with Crippen LogP contribution in [0.2, 0.25) is 10.0 Å². The van der Waals surface area contributed by atoms with Crippen LogP contribution in [0.4, 0.5) is 0 Å². The molecule has 5 nitrogen and oxygen atoms in total. The van der Waals surface area contributed by atoms with E-state index in [1.165, 1.54) is 0 Å². The first kappa shape index (κ1) is 22.8. The van der Waals surface area contributed by atoms with E-state index in [0.29, 0.717) is 29.1 Å². The highest BCUT2D eigenvalue weighted by Crippen LogP contribution is 2.33. The van der Waals surface area contributed by atoms with Crippen molar-refractivity contribution < 1.29 is 9.90 Å². The van der Waals surface area contributed by atoms with Crippen LogP contribution in [0, 0.1) is 5.92 Å². The fourth-order valence-electron chi connectivity index (χ4n) is 3.11. The molecule has 0 saturated carbocycles. The molecule has 0 spiro atoms. The minimum absolute atomic E-state index is 0.0666. The Bertz CT molecular complexity index is 766. The molecule has 1 radical (unpaired) electrons. The Balaban J connectivity index is 2.30. The van der Waals surface area contributed by atoms with Gasteiger partial charge in [0.15, 0.2) is 0 Å². The first-order valence-electron chi connectivity index (χ1n) is 9.60. The number of amidine groups is 1. The minimum atomic E-state index is -0.817. The molecule has 2 rings (SSSR count). The van der Waals surface area contributed by atoms with Gasteiger partial charge in [-0.25, -0.2) is 4.99 Å². The predicted octanol–water partition coefficient (Wildman–Crippen LogP) is 4.30. The molecule has 3 N–H and O–H groups in total. The van der Waals surface area contributed by atoms with E-state index in [2.05, 4.69) is 21.1 Å². The third-order valence-electron chi connectivity index (χ3n) is 4.46. The number of carboxylic acids is 1. The number of allylic oxidation sites excluding steroid dienone is 1. The van der Waals surface area contributed by atoms with Crippen LogP contribution in [0.1, 0.15) is 45.1 Å². The minimum Gasteiger partial charge on any atom is -0.481 e. The lowest BCUT2D eigenvalue weighted by Gasteiger charge is -2.24. The molecule has 151 valence electrons. The number of carbonyl (C=O) groups is 1. The average Bonchev–Trinajstić information content (AvgIpc) is 3.03. The fraction of sp³-hybridized carbons (Fsp3) is 0.500. The van der Waals surface area contributed by atoms with Crippen molar-refractivity contribution in [2.75, 3.05) is 19.6 Å². The molecule has 0 atom stereocenters. The number of nitrogens with zero attached hydrogens (tertiary/aromatic N) is 2. The van der Waals surface area contributed by atoms with Gasteiger partial charge in [-0.3, -0.25) is 4.79 Å². The van der Waals surface area contributed by atoms with Gasteiger partial charge >= 0.3 is 5.97 Å². The standard InChI is InChI=1S/C20H27BCl2N3O2/c1-13(2)11-15-19(14-5-6-16(22)17(23)12-14)25-20(21-15)26(9-4-3-8-24)10-7-18(27)28/h5-6,12-13H,3-4,7-11,24H2,1-2H3,(H,27,28). The normalized spacial score (nSPS) is 13.7. The molecule has 0 aromatic heterocycles. The molecule has 0 amide bonds. The average molecular weight is 423 g/mol. The Morgan fingerprint density at radius 3 is 2.61 bits per heavy atom. The first-order chi connectivity index (χ1) is 13.3. The highest BCUT2D eigenvalue weighted by Gasteiger charge is 2.25. The van der Waals surface area contributed by atoms with Gasteiger partial charge in [0.1, 0.15) is 0 Å². The highest BCUT2D eigenvalue weighted by atomic mass is 35.5. The number of nitrogens with two attached hydrogens (primary N) is 1. The predicted molar refractivity (Wildman–Crippen MR) is 118 cm³/mol. The maximum Gasteiger partial charge on any atom is 0.305 e. The summed E-state index contributed by atoms with van der Waals surface area (Å²) in [6.07, 6.45) is 2.72. The maximum absolute atomic E-state index is 11.1. The molecule has 0 aliphatic carbocycles. The number of aliphatic carboxylic acids is 1. The lowest BCUT2D eigenvalue weighted by molar-refractivity contribution is -0.137. The zero-order valence-corrected chi connectivity index (χ0v) is 17.9. The second-order valence-electron chi connectivity index (χ2n) is 7.34. The zero-order chi connectivity index (χ0) is 20.7. The molecule has 0 bridgehead atoms. The molecule has 28 heavy (non-hydrogen) atoms. The number of unbranched alkanes of at least 4 members (excludes halogenated alkanes) is 1. The van der Waals surface area contributed by atoms with Crippen LogP contribution in [0.25, 0.3) is 5.70 Å². The van der Waals surface area contributed by atoms with Gasteiger partial charge in [-0.05, 0) is 43.9 Å². The van der Waals surface area contributed by atoms with Crippen LogP contribution in [-0.4, -0.2) is 48.6 Å². The van der Waals surface area contributed by atoms with Crippen molar-refractivity contribution in [3.63, 3.8) is 0 Å². The Kier molecular flexibility index (Phi) is 8.86. The van der Waals surface area contributed by atoms with E-state index in [9.17, 15) is 4.79 Å². The van der Waals surface area contributed by atoms with Crippen molar-refractivity contribution in [1.29, 1.82) is 0 Å². The molecule has 8 heteroatoms. The summed E-state index contributed by atoms with van der Waals surface area (Å²) >= 11 is 12.3. The Morgan fingerprint density at radius 2 is 2.00 bits per heavy atom. The third kappa shape index (κ3) is 6.54. The lowest BCUT2D eigenvalue weighted by Crippen LogP contribution is -2.37. The van der Waals surface area contributed by atoms with Crippen LogP contribution in [-0.2, 0) is 4.79 Å². The lowest BCUT2D eigenvalue weighted by atomic mass is 9.65. The van der Waals surface area contributed by atoms with Gasteiger partial charge in [0.25, 0.3) is 0 Å². The Labute approximate surface area is 177 Å². The van der Waals surface area contributed by atoms with Gasteiger partial charge in [0.05, 0.1) is 27.9 Å². The topological polar surface area (TPSA) is 78.9 Å². The second kappa shape index (κ2) is 10.9. The van der Waals surface area contributed by atoms with Gasteiger partial charge in [0, 0.05) is 18.7 Å². The summed E-state index contributed by atoms with van der Waals surface area (Å²) in [6, 6.07) is 5.52. The van der Waals surface area contributed by atoms with Crippen molar-refractivity contribution in [2.24, 2.45) is 16.6 Å². The third-order valence-corrected chi connectivity index (χ3v) is 5.20. The zero-order valence-electron chi connectivity index (χ0n) is 16.4. The van der Waals surface area contributed by atoms with Gasteiger partial charge in [-0.2, -0.15) is 0 Å². The summed E-state index contributed by atoms with van der Waals surface area (Å²) in [5.41, 5.74) is 9.33. The summed E-state index contributed by atoms with van der Waals surface area (Å²) in [4.78, 5) is 18.0. The smallest absolute Gasteiger partial charge is 0.305 e. The van der Waals surface area contributed by atoms with E-state index in [0.717, 1.165) is 48.3 Å². The fourth-order valence-corrected chi connectivity index (χ4v) is 3.41. The summed E-state index contributed by atoms with van der Waals surface area (Å²) < 4.78 is 0. The SMILES string of the molecule is CC(C)CC1=C(c2ccc(Cl)c(Cl)c2)N=C(N(CCCCN)CCC(=O)O)[B]1. The van der Waals surface area contributed by atoms with Crippen molar-refractivity contribution >= 4 is 47.9 Å².